The molecule has 0 spiro atoms. The van der Waals surface area contributed by atoms with E-state index in [9.17, 15) is 9.90 Å². The van der Waals surface area contributed by atoms with Crippen molar-refractivity contribution in [3.8, 4) is 0 Å². The van der Waals surface area contributed by atoms with Crippen LogP contribution in [0, 0.1) is 0 Å². The summed E-state index contributed by atoms with van der Waals surface area (Å²) in [5.41, 5.74) is -0.478. The molecule has 1 N–H and O–H groups in total. The van der Waals surface area contributed by atoms with Gasteiger partial charge in [0.1, 0.15) is 12.2 Å². The number of hydrogen-bond acceptors (Lipinski definition) is 5. The monoisotopic (exact) mass is 286 g/mol. The van der Waals surface area contributed by atoms with E-state index < -0.39 is 11.6 Å². The predicted octanol–water partition coefficient (Wildman–Crippen LogP) is -0.296. The number of ether oxygens (including phenoxy) is 2. The van der Waals surface area contributed by atoms with Crippen molar-refractivity contribution < 1.29 is 19.4 Å². The fourth-order valence-electron chi connectivity index (χ4n) is 3.20. The number of aliphatic hydroxyl groups excluding tert-OH is 1. The van der Waals surface area contributed by atoms with Gasteiger partial charge >= 0.3 is 0 Å². The van der Waals surface area contributed by atoms with E-state index in [0.717, 1.165) is 19.4 Å². The average molecular weight is 286 g/mol. The topological polar surface area (TPSA) is 62.2 Å². The number of amides is 1. The van der Waals surface area contributed by atoms with E-state index in [0.29, 0.717) is 13.2 Å². The van der Waals surface area contributed by atoms with Gasteiger partial charge in [-0.05, 0) is 33.4 Å². The van der Waals surface area contributed by atoms with Gasteiger partial charge in [-0.2, -0.15) is 0 Å². The number of hydrogen-bond donors (Lipinski definition) is 1. The average Bonchev–Trinajstić information content (AvgIpc) is 2.78. The lowest BCUT2D eigenvalue weighted by molar-refractivity contribution is -0.164. The molecule has 0 aromatic carbocycles. The molecular weight excluding hydrogens is 260 g/mol. The second-order valence-corrected chi connectivity index (χ2v) is 6.08. The molecule has 0 aromatic heterocycles. The molecular formula is C14H26N2O4. The fourth-order valence-corrected chi connectivity index (χ4v) is 3.20. The largest absolute Gasteiger partial charge is 0.388 e. The summed E-state index contributed by atoms with van der Waals surface area (Å²) in [7, 11) is 5.27. The van der Waals surface area contributed by atoms with Crippen LogP contribution < -0.4 is 0 Å². The number of likely N-dealkylation sites (N-methyl/N-ethyl adjacent to an activating group) is 2. The first-order valence-electron chi connectivity index (χ1n) is 7.19. The molecule has 2 aliphatic heterocycles. The summed E-state index contributed by atoms with van der Waals surface area (Å²) in [5.74, 6) is 0.0434. The van der Waals surface area contributed by atoms with E-state index in [1.54, 1.807) is 19.1 Å². The van der Waals surface area contributed by atoms with Crippen LogP contribution in [0.1, 0.15) is 19.8 Å². The van der Waals surface area contributed by atoms with Crippen LogP contribution in [0.4, 0.5) is 0 Å². The maximum Gasteiger partial charge on any atom is 0.242 e. The molecule has 2 aliphatic rings. The van der Waals surface area contributed by atoms with E-state index in [1.165, 1.54) is 0 Å². The van der Waals surface area contributed by atoms with Crippen LogP contribution in [0.15, 0.2) is 0 Å². The lowest BCUT2D eigenvalue weighted by atomic mass is 9.94. The van der Waals surface area contributed by atoms with Crippen molar-refractivity contribution in [1.82, 2.24) is 9.80 Å². The number of rotatable bonds is 3. The summed E-state index contributed by atoms with van der Waals surface area (Å²) in [5, 5.41) is 10.3. The number of aliphatic hydroxyl groups is 1. The lowest BCUT2D eigenvalue weighted by Gasteiger charge is -2.42. The molecule has 6 nitrogen and oxygen atoms in total. The minimum absolute atomic E-state index is 0.0434. The normalized spacial score (nSPS) is 39.0. The maximum absolute atomic E-state index is 12.8. The van der Waals surface area contributed by atoms with Gasteiger partial charge < -0.3 is 19.5 Å². The second kappa shape index (κ2) is 5.97. The highest BCUT2D eigenvalue weighted by Gasteiger charge is 2.46. The molecule has 6 heteroatoms. The van der Waals surface area contributed by atoms with Crippen LogP contribution in [0.2, 0.25) is 0 Å². The van der Waals surface area contributed by atoms with Crippen LogP contribution in [-0.4, -0.2) is 85.6 Å². The number of carbonyl (C=O) groups excluding carboxylic acids is 1. The Morgan fingerprint density at radius 1 is 1.50 bits per heavy atom. The van der Waals surface area contributed by atoms with E-state index in [1.807, 2.05) is 14.0 Å². The SMILES string of the molecule is CO[C@@H]1COC[C@@H](N(C)C(=O)[C@]2(C)CCCN2C)[C@@H]1O. The smallest absolute Gasteiger partial charge is 0.242 e. The summed E-state index contributed by atoms with van der Waals surface area (Å²) in [4.78, 5) is 16.5. The van der Waals surface area contributed by atoms with Gasteiger partial charge in [0.15, 0.2) is 0 Å². The molecule has 0 radical (unpaired) electrons. The molecule has 1 amide bonds. The zero-order valence-corrected chi connectivity index (χ0v) is 12.8. The van der Waals surface area contributed by atoms with Crippen molar-refractivity contribution in [3.63, 3.8) is 0 Å². The summed E-state index contributed by atoms with van der Waals surface area (Å²) in [6.45, 7) is 3.62. The summed E-state index contributed by atoms with van der Waals surface area (Å²) in [6.07, 6.45) is 0.789. The molecule has 116 valence electrons. The molecule has 20 heavy (non-hydrogen) atoms. The van der Waals surface area contributed by atoms with Gasteiger partial charge in [-0.15, -0.1) is 0 Å². The molecule has 0 aromatic rings. The molecule has 0 saturated carbocycles. The summed E-state index contributed by atoms with van der Waals surface area (Å²) in [6, 6.07) is -0.355. The fraction of sp³-hybridized carbons (Fsp3) is 0.929. The molecule has 0 aliphatic carbocycles. The van der Waals surface area contributed by atoms with Crippen LogP contribution in [0.3, 0.4) is 0 Å². The lowest BCUT2D eigenvalue weighted by Crippen LogP contribution is -2.61. The number of likely N-dealkylation sites (tertiary alicyclic amines) is 1. The molecule has 0 bridgehead atoms. The van der Waals surface area contributed by atoms with Crippen molar-refractivity contribution in [2.24, 2.45) is 0 Å². The van der Waals surface area contributed by atoms with E-state index in [-0.39, 0.29) is 18.1 Å². The Kier molecular flexibility index (Phi) is 4.69. The van der Waals surface area contributed by atoms with Crippen LogP contribution >= 0.6 is 0 Å². The van der Waals surface area contributed by atoms with Crippen molar-refractivity contribution in [3.05, 3.63) is 0 Å². The first-order valence-corrected chi connectivity index (χ1v) is 7.19. The van der Waals surface area contributed by atoms with E-state index in [4.69, 9.17) is 9.47 Å². The Morgan fingerprint density at radius 2 is 2.20 bits per heavy atom. The Bertz CT molecular complexity index is 365. The van der Waals surface area contributed by atoms with Gasteiger partial charge in [-0.1, -0.05) is 0 Å². The highest BCUT2D eigenvalue weighted by molar-refractivity contribution is 5.86. The molecule has 2 rings (SSSR count). The third-order valence-corrected chi connectivity index (χ3v) is 4.93. The Morgan fingerprint density at radius 3 is 2.75 bits per heavy atom. The van der Waals surface area contributed by atoms with Gasteiger partial charge in [-0.3, -0.25) is 9.69 Å². The van der Waals surface area contributed by atoms with Gasteiger partial charge in [0, 0.05) is 14.2 Å². The summed E-state index contributed by atoms with van der Waals surface area (Å²) < 4.78 is 10.7. The standard InChI is InChI=1S/C14H26N2O4/c1-14(6-5-7-15(14)2)13(18)16(3)10-8-20-9-11(19-4)12(10)17/h10-12,17H,5-9H2,1-4H3/t10-,11-,12+,14+/m1/s1. The molecule has 0 unspecified atom stereocenters. The number of nitrogens with zero attached hydrogens (tertiary/aromatic N) is 2. The van der Waals surface area contributed by atoms with Crippen molar-refractivity contribution in [2.45, 2.75) is 43.6 Å². The van der Waals surface area contributed by atoms with Gasteiger partial charge in [-0.25, -0.2) is 0 Å². The van der Waals surface area contributed by atoms with Gasteiger partial charge in [0.2, 0.25) is 5.91 Å². The maximum atomic E-state index is 12.8. The van der Waals surface area contributed by atoms with E-state index >= 15 is 0 Å². The Labute approximate surface area is 120 Å². The van der Waals surface area contributed by atoms with Gasteiger partial charge in [0.05, 0.1) is 24.8 Å². The Hall–Kier alpha value is -0.690. The zero-order chi connectivity index (χ0) is 14.9. The molecule has 2 saturated heterocycles. The molecule has 2 heterocycles. The summed E-state index contributed by atoms with van der Waals surface area (Å²) >= 11 is 0. The Balaban J connectivity index is 2.10. The molecule has 2 fully saturated rings. The van der Waals surface area contributed by atoms with Crippen molar-refractivity contribution in [2.75, 3.05) is 41.0 Å². The van der Waals surface area contributed by atoms with Crippen LogP contribution in [-0.2, 0) is 14.3 Å². The first kappa shape index (κ1) is 15.7. The van der Waals surface area contributed by atoms with Crippen molar-refractivity contribution in [1.29, 1.82) is 0 Å². The minimum Gasteiger partial charge on any atom is -0.388 e. The zero-order valence-electron chi connectivity index (χ0n) is 12.8. The third kappa shape index (κ3) is 2.57. The third-order valence-electron chi connectivity index (χ3n) is 4.93. The predicted molar refractivity (Wildman–Crippen MR) is 74.4 cm³/mol. The highest BCUT2D eigenvalue weighted by Crippen LogP contribution is 2.30. The van der Waals surface area contributed by atoms with E-state index in [2.05, 4.69) is 4.90 Å². The number of methoxy groups -OCH3 is 1. The van der Waals surface area contributed by atoms with Gasteiger partial charge in [0.25, 0.3) is 0 Å². The van der Waals surface area contributed by atoms with Crippen LogP contribution in [0.25, 0.3) is 0 Å². The second-order valence-electron chi connectivity index (χ2n) is 6.08. The first-order chi connectivity index (χ1) is 9.41. The minimum atomic E-state index is -0.710. The van der Waals surface area contributed by atoms with Crippen molar-refractivity contribution >= 4 is 5.91 Å². The number of carbonyl (C=O) groups is 1. The highest BCUT2D eigenvalue weighted by atomic mass is 16.5. The van der Waals surface area contributed by atoms with Crippen LogP contribution in [0.5, 0.6) is 0 Å². The quantitative estimate of drug-likeness (QED) is 0.772. The molecule has 4 atom stereocenters.